The van der Waals surface area contributed by atoms with Gasteiger partial charge in [-0.05, 0) is 45.3 Å². The van der Waals surface area contributed by atoms with Gasteiger partial charge in [0.1, 0.15) is 10.4 Å². The van der Waals surface area contributed by atoms with E-state index < -0.39 is 6.36 Å². The fraction of sp³-hybridized carbons (Fsp3) is 0.353. The zero-order valence-corrected chi connectivity index (χ0v) is 17.3. The average molecular weight is 489 g/mol. The summed E-state index contributed by atoms with van der Waals surface area (Å²) in [5.74, 6) is -0.218. The molecule has 0 saturated carbocycles. The van der Waals surface area contributed by atoms with Crippen LogP contribution in [0.15, 0.2) is 47.2 Å². The third kappa shape index (κ3) is 6.80. The number of ether oxygens (including phenoxy) is 1. The number of rotatable bonds is 4. The summed E-state index contributed by atoms with van der Waals surface area (Å²) in [6.45, 7) is 3.44. The summed E-state index contributed by atoms with van der Waals surface area (Å²) in [6, 6.07) is 9.83. The lowest BCUT2D eigenvalue weighted by Gasteiger charge is -2.35. The van der Waals surface area contributed by atoms with Gasteiger partial charge in [-0.15, -0.1) is 38.0 Å². The van der Waals surface area contributed by atoms with Gasteiger partial charge in [-0.3, -0.25) is 4.90 Å². The molecule has 1 fully saturated rings. The van der Waals surface area contributed by atoms with E-state index in [1.54, 1.807) is 18.3 Å². The van der Waals surface area contributed by atoms with Crippen LogP contribution in [0.4, 0.5) is 13.2 Å². The molecule has 2 heterocycles. The van der Waals surface area contributed by atoms with E-state index >= 15 is 0 Å². The molecule has 0 bridgehead atoms. The Hall–Kier alpha value is -1.06. The Morgan fingerprint density at radius 2 is 1.59 bits per heavy atom. The summed E-state index contributed by atoms with van der Waals surface area (Å²) in [7, 11) is 0. The highest BCUT2D eigenvalue weighted by Gasteiger charge is 2.31. The predicted molar refractivity (Wildman–Crippen MR) is 106 cm³/mol. The van der Waals surface area contributed by atoms with Gasteiger partial charge in [-0.2, -0.15) is 0 Å². The standard InChI is InChI=1S/C17H17BrF3N3O.2ClH/c18-15-6-3-13(11-23-15)16(24-9-7-22-8-10-24)12-1-4-14(5-2-12)25-17(19,20)21;;/h1-6,11,16,22H,7-10H2;2*1H/t16-;;/m0../s1. The minimum atomic E-state index is -4.69. The smallest absolute Gasteiger partial charge is 0.406 e. The maximum Gasteiger partial charge on any atom is 0.573 e. The molecule has 1 N–H and O–H groups in total. The van der Waals surface area contributed by atoms with Crippen LogP contribution in [-0.4, -0.2) is 42.4 Å². The third-order valence-electron chi connectivity index (χ3n) is 4.01. The van der Waals surface area contributed by atoms with Gasteiger partial charge in [0.25, 0.3) is 0 Å². The van der Waals surface area contributed by atoms with Crippen LogP contribution in [0.1, 0.15) is 17.2 Å². The number of aromatic nitrogens is 1. The van der Waals surface area contributed by atoms with Gasteiger partial charge >= 0.3 is 6.36 Å². The molecule has 2 aromatic rings. The normalized spacial score (nSPS) is 16.0. The molecule has 1 aliphatic heterocycles. The van der Waals surface area contributed by atoms with Gasteiger partial charge in [0.2, 0.25) is 0 Å². The average Bonchev–Trinajstić information content (AvgIpc) is 2.58. The highest BCUT2D eigenvalue weighted by Crippen LogP contribution is 2.31. The molecule has 0 spiro atoms. The first kappa shape index (κ1) is 24.0. The molecular formula is C17H19BrCl2F3N3O. The van der Waals surface area contributed by atoms with Crippen molar-refractivity contribution in [2.24, 2.45) is 0 Å². The first-order chi connectivity index (χ1) is 11.9. The van der Waals surface area contributed by atoms with E-state index in [1.165, 1.54) is 12.1 Å². The molecule has 1 saturated heterocycles. The molecule has 27 heavy (non-hydrogen) atoms. The van der Waals surface area contributed by atoms with Crippen LogP contribution in [0.2, 0.25) is 0 Å². The molecule has 0 aliphatic carbocycles. The van der Waals surface area contributed by atoms with Gasteiger partial charge in [0.15, 0.2) is 0 Å². The minimum absolute atomic E-state index is 0. The molecule has 0 unspecified atom stereocenters. The molecule has 1 atom stereocenters. The number of hydrogen-bond acceptors (Lipinski definition) is 4. The Labute approximate surface area is 176 Å². The van der Waals surface area contributed by atoms with Gasteiger partial charge in [-0.25, -0.2) is 4.98 Å². The van der Waals surface area contributed by atoms with Crippen LogP contribution >= 0.6 is 40.7 Å². The maximum absolute atomic E-state index is 12.3. The van der Waals surface area contributed by atoms with Crippen LogP contribution in [0.5, 0.6) is 5.75 Å². The highest BCUT2D eigenvalue weighted by molar-refractivity contribution is 9.10. The van der Waals surface area contributed by atoms with Crippen molar-refractivity contribution in [2.45, 2.75) is 12.4 Å². The minimum Gasteiger partial charge on any atom is -0.406 e. The van der Waals surface area contributed by atoms with E-state index in [2.05, 4.69) is 35.9 Å². The number of pyridine rings is 1. The fourth-order valence-electron chi connectivity index (χ4n) is 2.96. The first-order valence-corrected chi connectivity index (χ1v) is 8.63. The number of halogens is 6. The Morgan fingerprint density at radius 1 is 1.00 bits per heavy atom. The van der Waals surface area contributed by atoms with Crippen molar-refractivity contribution in [2.75, 3.05) is 26.2 Å². The summed E-state index contributed by atoms with van der Waals surface area (Å²) in [4.78, 5) is 6.58. The molecule has 150 valence electrons. The number of nitrogens with one attached hydrogen (secondary N) is 1. The predicted octanol–water partition coefficient (Wildman–Crippen LogP) is 4.58. The van der Waals surface area contributed by atoms with Crippen LogP contribution in [0, 0.1) is 0 Å². The van der Waals surface area contributed by atoms with E-state index in [4.69, 9.17) is 0 Å². The van der Waals surface area contributed by atoms with Crippen molar-refractivity contribution in [3.05, 3.63) is 58.3 Å². The van der Waals surface area contributed by atoms with E-state index in [9.17, 15) is 13.2 Å². The second kappa shape index (κ2) is 10.5. The zero-order valence-electron chi connectivity index (χ0n) is 14.1. The molecule has 1 aromatic heterocycles. The van der Waals surface area contributed by atoms with E-state index in [1.807, 2.05) is 12.1 Å². The monoisotopic (exact) mass is 487 g/mol. The molecule has 3 rings (SSSR count). The Morgan fingerprint density at radius 3 is 2.11 bits per heavy atom. The van der Waals surface area contributed by atoms with Gasteiger partial charge in [0, 0.05) is 32.4 Å². The second-order valence-corrected chi connectivity index (χ2v) is 6.53. The topological polar surface area (TPSA) is 37.4 Å². The van der Waals surface area contributed by atoms with Crippen molar-refractivity contribution in [1.29, 1.82) is 0 Å². The highest BCUT2D eigenvalue weighted by atomic mass is 79.9. The zero-order chi connectivity index (χ0) is 17.9. The van der Waals surface area contributed by atoms with Crippen LogP contribution in [-0.2, 0) is 0 Å². The summed E-state index contributed by atoms with van der Waals surface area (Å²) in [5, 5.41) is 3.31. The number of hydrogen-bond donors (Lipinski definition) is 1. The van der Waals surface area contributed by atoms with E-state index in [0.29, 0.717) is 0 Å². The summed E-state index contributed by atoms with van der Waals surface area (Å²) < 4.78 is 41.7. The lowest BCUT2D eigenvalue weighted by Crippen LogP contribution is -2.45. The van der Waals surface area contributed by atoms with Crippen LogP contribution in [0.25, 0.3) is 0 Å². The molecule has 1 aromatic carbocycles. The number of alkyl halides is 3. The van der Waals surface area contributed by atoms with Crippen LogP contribution < -0.4 is 10.1 Å². The maximum atomic E-state index is 12.3. The Kier molecular flexibility index (Phi) is 9.30. The van der Waals surface area contributed by atoms with Gasteiger partial charge < -0.3 is 10.1 Å². The SMILES string of the molecule is Cl.Cl.FC(F)(F)Oc1ccc([C@@H](c2ccc(Br)nc2)N2CCNCC2)cc1. The van der Waals surface area contributed by atoms with Crippen molar-refractivity contribution in [3.63, 3.8) is 0 Å². The number of benzene rings is 1. The quantitative estimate of drug-likeness (QED) is 0.639. The molecular weight excluding hydrogens is 470 g/mol. The summed E-state index contributed by atoms with van der Waals surface area (Å²) in [5.41, 5.74) is 1.90. The number of piperazine rings is 1. The van der Waals surface area contributed by atoms with E-state index in [0.717, 1.165) is 41.9 Å². The van der Waals surface area contributed by atoms with Crippen molar-refractivity contribution < 1.29 is 17.9 Å². The molecule has 0 amide bonds. The molecule has 0 radical (unpaired) electrons. The summed E-state index contributed by atoms with van der Waals surface area (Å²) >= 11 is 3.33. The van der Waals surface area contributed by atoms with Crippen molar-refractivity contribution >= 4 is 40.7 Å². The largest absolute Gasteiger partial charge is 0.573 e. The molecule has 1 aliphatic rings. The lowest BCUT2D eigenvalue weighted by molar-refractivity contribution is -0.274. The summed E-state index contributed by atoms with van der Waals surface area (Å²) in [6.07, 6.45) is -2.90. The van der Waals surface area contributed by atoms with Gasteiger partial charge in [-0.1, -0.05) is 18.2 Å². The lowest BCUT2D eigenvalue weighted by atomic mass is 9.97. The third-order valence-corrected chi connectivity index (χ3v) is 4.48. The second-order valence-electron chi connectivity index (χ2n) is 5.72. The Balaban J connectivity index is 0.00000182. The first-order valence-electron chi connectivity index (χ1n) is 7.84. The number of nitrogens with zero attached hydrogens (tertiary/aromatic N) is 2. The van der Waals surface area contributed by atoms with E-state index in [-0.39, 0.29) is 36.6 Å². The Bertz CT molecular complexity index is 696. The molecule has 4 nitrogen and oxygen atoms in total. The van der Waals surface area contributed by atoms with Gasteiger partial charge in [0.05, 0.1) is 6.04 Å². The fourth-order valence-corrected chi connectivity index (χ4v) is 3.19. The molecule has 10 heteroatoms. The van der Waals surface area contributed by atoms with Crippen molar-refractivity contribution in [1.82, 2.24) is 15.2 Å². The van der Waals surface area contributed by atoms with Crippen molar-refractivity contribution in [3.8, 4) is 5.75 Å². The van der Waals surface area contributed by atoms with Crippen LogP contribution in [0.3, 0.4) is 0 Å².